The molecule has 3 rings (SSSR count). The van der Waals surface area contributed by atoms with E-state index in [0.717, 1.165) is 22.8 Å². The summed E-state index contributed by atoms with van der Waals surface area (Å²) in [5.41, 5.74) is 7.08. The quantitative estimate of drug-likeness (QED) is 0.887. The highest BCUT2D eigenvalue weighted by atomic mass is 32.1. The number of hydrogen-bond donors (Lipinski definition) is 1. The molecule has 0 saturated heterocycles. The maximum absolute atomic E-state index is 6.04. The number of nitrogens with two attached hydrogens (primary N) is 1. The highest BCUT2D eigenvalue weighted by Gasteiger charge is 2.27. The van der Waals surface area contributed by atoms with Gasteiger partial charge in [0.25, 0.3) is 0 Å². The largest absolute Gasteiger partial charge is 0.390 e. The van der Waals surface area contributed by atoms with Crippen LogP contribution in [0.15, 0.2) is 12.4 Å². The van der Waals surface area contributed by atoms with Gasteiger partial charge in [-0.25, -0.2) is 0 Å². The average Bonchev–Trinajstić information content (AvgIpc) is 2.89. The Bertz CT molecular complexity index is 510. The molecule has 16 heavy (non-hydrogen) atoms. The lowest BCUT2D eigenvalue weighted by Crippen LogP contribution is -1.96. The molecule has 0 aliphatic heterocycles. The van der Waals surface area contributed by atoms with Crippen LogP contribution in [-0.2, 0) is 6.42 Å². The summed E-state index contributed by atoms with van der Waals surface area (Å²) in [4.78, 5) is 1.30. The number of anilines is 1. The van der Waals surface area contributed by atoms with Gasteiger partial charge >= 0.3 is 0 Å². The van der Waals surface area contributed by atoms with E-state index >= 15 is 0 Å². The minimum absolute atomic E-state index is 0.592. The Morgan fingerprint density at radius 2 is 2.38 bits per heavy atom. The lowest BCUT2D eigenvalue weighted by atomic mass is 10.2. The van der Waals surface area contributed by atoms with Crippen molar-refractivity contribution in [3.8, 4) is 11.4 Å². The summed E-state index contributed by atoms with van der Waals surface area (Å²) in [7, 11) is 0. The number of aryl methyl sites for hydroxylation is 1. The molecular formula is C11H14N4S. The number of nitrogen functional groups attached to an aromatic ring is 1. The van der Waals surface area contributed by atoms with E-state index in [-0.39, 0.29) is 0 Å². The molecule has 0 bridgehead atoms. The molecule has 0 atom stereocenters. The zero-order valence-corrected chi connectivity index (χ0v) is 10.00. The minimum atomic E-state index is 0.592. The van der Waals surface area contributed by atoms with E-state index in [9.17, 15) is 0 Å². The Balaban J connectivity index is 2.06. The second kappa shape index (κ2) is 3.59. The van der Waals surface area contributed by atoms with Gasteiger partial charge in [0.2, 0.25) is 0 Å². The van der Waals surface area contributed by atoms with Crippen molar-refractivity contribution in [2.45, 2.75) is 32.2 Å². The third-order valence-electron chi connectivity index (χ3n) is 2.91. The Labute approximate surface area is 98.1 Å². The summed E-state index contributed by atoms with van der Waals surface area (Å²) >= 11 is 1.65. The fourth-order valence-corrected chi connectivity index (χ4v) is 2.73. The molecule has 0 amide bonds. The predicted octanol–water partition coefficient (Wildman–Crippen LogP) is 2.49. The van der Waals surface area contributed by atoms with Gasteiger partial charge in [0.1, 0.15) is 6.33 Å². The van der Waals surface area contributed by atoms with Gasteiger partial charge in [0.05, 0.1) is 10.6 Å². The van der Waals surface area contributed by atoms with Crippen LogP contribution in [0.2, 0.25) is 0 Å². The van der Waals surface area contributed by atoms with Gasteiger partial charge < -0.3 is 10.3 Å². The summed E-state index contributed by atoms with van der Waals surface area (Å²) in [5.74, 6) is 0.927. The van der Waals surface area contributed by atoms with Gasteiger partial charge in [-0.2, -0.15) is 0 Å². The first-order chi connectivity index (χ1) is 7.79. The van der Waals surface area contributed by atoms with Crippen molar-refractivity contribution >= 4 is 16.3 Å². The number of nitrogens with zero attached hydrogens (tertiary/aromatic N) is 3. The zero-order chi connectivity index (χ0) is 11.1. The summed E-state index contributed by atoms with van der Waals surface area (Å²) in [6, 6.07) is 2.73. The second-order valence-corrected chi connectivity index (χ2v) is 5.31. The minimum Gasteiger partial charge on any atom is -0.390 e. The normalized spacial score (nSPS) is 15.6. The van der Waals surface area contributed by atoms with Crippen LogP contribution < -0.4 is 5.73 Å². The van der Waals surface area contributed by atoms with E-state index in [1.54, 1.807) is 11.3 Å². The number of rotatable bonds is 3. The van der Waals surface area contributed by atoms with E-state index in [4.69, 9.17) is 5.73 Å². The number of thiophene rings is 1. The van der Waals surface area contributed by atoms with Gasteiger partial charge in [0, 0.05) is 10.9 Å². The van der Waals surface area contributed by atoms with Gasteiger partial charge in [0.15, 0.2) is 5.82 Å². The lowest BCUT2D eigenvalue weighted by Gasteiger charge is -2.02. The summed E-state index contributed by atoms with van der Waals surface area (Å²) in [6.45, 7) is 2.14. The van der Waals surface area contributed by atoms with Gasteiger partial charge in [-0.3, -0.25) is 0 Å². The molecule has 1 saturated carbocycles. The molecule has 2 aromatic heterocycles. The van der Waals surface area contributed by atoms with Crippen molar-refractivity contribution < 1.29 is 0 Å². The van der Waals surface area contributed by atoms with Crippen LogP contribution in [0.5, 0.6) is 0 Å². The molecule has 2 heterocycles. The average molecular weight is 234 g/mol. The number of aromatic nitrogens is 3. The van der Waals surface area contributed by atoms with E-state index in [0.29, 0.717) is 6.04 Å². The van der Waals surface area contributed by atoms with Crippen molar-refractivity contribution in [1.29, 1.82) is 0 Å². The maximum atomic E-state index is 6.04. The van der Waals surface area contributed by atoms with Gasteiger partial charge in [-0.1, -0.05) is 6.92 Å². The van der Waals surface area contributed by atoms with Crippen LogP contribution in [0.1, 0.15) is 30.7 Å². The first-order valence-corrected chi connectivity index (χ1v) is 6.39. The molecular weight excluding hydrogens is 220 g/mol. The molecule has 1 aliphatic rings. The Morgan fingerprint density at radius 1 is 1.56 bits per heavy atom. The molecule has 0 radical (unpaired) electrons. The maximum Gasteiger partial charge on any atom is 0.166 e. The molecule has 2 N–H and O–H groups in total. The van der Waals surface area contributed by atoms with E-state index in [1.807, 2.05) is 6.33 Å². The zero-order valence-electron chi connectivity index (χ0n) is 9.18. The predicted molar refractivity (Wildman–Crippen MR) is 65.4 cm³/mol. The van der Waals surface area contributed by atoms with Crippen molar-refractivity contribution in [2.24, 2.45) is 0 Å². The fraction of sp³-hybridized carbons (Fsp3) is 0.455. The molecule has 4 nitrogen and oxygen atoms in total. The SMILES string of the molecule is CCc1cc(-c2nncn2C2CC2)c(N)s1. The van der Waals surface area contributed by atoms with Crippen molar-refractivity contribution in [2.75, 3.05) is 5.73 Å². The Kier molecular flexibility index (Phi) is 2.21. The van der Waals surface area contributed by atoms with E-state index in [2.05, 4.69) is 27.8 Å². The van der Waals surface area contributed by atoms with E-state index in [1.165, 1.54) is 17.7 Å². The topological polar surface area (TPSA) is 56.7 Å². The third kappa shape index (κ3) is 1.51. The highest BCUT2D eigenvalue weighted by molar-refractivity contribution is 7.16. The standard InChI is InChI=1S/C11H14N4S/c1-2-8-5-9(10(12)16-8)11-14-13-6-15(11)7-3-4-7/h5-7H,2-4,12H2,1H3. The summed E-state index contributed by atoms with van der Waals surface area (Å²) in [5, 5.41) is 9.05. The second-order valence-electron chi connectivity index (χ2n) is 4.14. The Hall–Kier alpha value is -1.36. The molecule has 1 fully saturated rings. The molecule has 0 spiro atoms. The van der Waals surface area contributed by atoms with Gasteiger partial charge in [-0.05, 0) is 25.3 Å². The Morgan fingerprint density at radius 3 is 3.00 bits per heavy atom. The molecule has 0 unspecified atom stereocenters. The molecule has 84 valence electrons. The molecule has 5 heteroatoms. The highest BCUT2D eigenvalue weighted by Crippen LogP contribution is 2.40. The summed E-state index contributed by atoms with van der Waals surface area (Å²) < 4.78 is 2.15. The first-order valence-electron chi connectivity index (χ1n) is 5.57. The van der Waals surface area contributed by atoms with Gasteiger partial charge in [-0.15, -0.1) is 21.5 Å². The fourth-order valence-electron chi connectivity index (χ4n) is 1.86. The monoisotopic (exact) mass is 234 g/mol. The third-order valence-corrected chi connectivity index (χ3v) is 4.02. The molecule has 1 aliphatic carbocycles. The summed E-state index contributed by atoms with van der Waals surface area (Å²) in [6.07, 6.45) is 5.30. The van der Waals surface area contributed by atoms with Crippen LogP contribution in [-0.4, -0.2) is 14.8 Å². The van der Waals surface area contributed by atoms with Crippen LogP contribution in [0.4, 0.5) is 5.00 Å². The number of hydrogen-bond acceptors (Lipinski definition) is 4. The van der Waals surface area contributed by atoms with Crippen LogP contribution in [0.3, 0.4) is 0 Å². The van der Waals surface area contributed by atoms with E-state index < -0.39 is 0 Å². The van der Waals surface area contributed by atoms with Crippen LogP contribution >= 0.6 is 11.3 Å². The molecule has 2 aromatic rings. The van der Waals surface area contributed by atoms with Crippen molar-refractivity contribution in [3.05, 3.63) is 17.3 Å². The van der Waals surface area contributed by atoms with Crippen molar-refractivity contribution in [1.82, 2.24) is 14.8 Å². The van der Waals surface area contributed by atoms with Crippen molar-refractivity contribution in [3.63, 3.8) is 0 Å². The lowest BCUT2D eigenvalue weighted by molar-refractivity contribution is 0.746. The molecule has 0 aromatic carbocycles. The smallest absolute Gasteiger partial charge is 0.166 e. The first kappa shape index (κ1) is 9.84. The van der Waals surface area contributed by atoms with Crippen LogP contribution in [0, 0.1) is 0 Å². The van der Waals surface area contributed by atoms with Crippen LogP contribution in [0.25, 0.3) is 11.4 Å².